The Morgan fingerprint density at radius 2 is 2.00 bits per heavy atom. The number of benzene rings is 1. The lowest BCUT2D eigenvalue weighted by Gasteiger charge is -2.07. The predicted molar refractivity (Wildman–Crippen MR) is 74.7 cm³/mol. The average Bonchev–Trinajstić information content (AvgIpc) is 2.30. The molecule has 0 radical (unpaired) electrons. The SMILES string of the molecule is Cc1ccc(C)c(SCc2ccnc(Cl)c2)c1. The first-order valence-corrected chi connectivity index (χ1v) is 6.82. The monoisotopic (exact) mass is 263 g/mol. The maximum atomic E-state index is 5.86. The van der Waals surface area contributed by atoms with E-state index in [4.69, 9.17) is 11.6 Å². The van der Waals surface area contributed by atoms with E-state index in [0.29, 0.717) is 5.15 Å². The van der Waals surface area contributed by atoms with Crippen LogP contribution < -0.4 is 0 Å². The second-order valence-electron chi connectivity index (χ2n) is 4.04. The van der Waals surface area contributed by atoms with Crippen LogP contribution in [-0.2, 0) is 5.75 Å². The van der Waals surface area contributed by atoms with E-state index in [9.17, 15) is 0 Å². The number of halogens is 1. The fourth-order valence-corrected chi connectivity index (χ4v) is 2.82. The molecular weight excluding hydrogens is 250 g/mol. The van der Waals surface area contributed by atoms with E-state index in [1.807, 2.05) is 23.9 Å². The summed E-state index contributed by atoms with van der Waals surface area (Å²) in [6, 6.07) is 10.5. The summed E-state index contributed by atoms with van der Waals surface area (Å²) in [5, 5.41) is 0.559. The molecule has 1 heterocycles. The molecule has 17 heavy (non-hydrogen) atoms. The molecule has 1 aromatic carbocycles. The zero-order valence-corrected chi connectivity index (χ0v) is 11.5. The first-order valence-electron chi connectivity index (χ1n) is 5.45. The maximum Gasteiger partial charge on any atom is 0.129 e. The van der Waals surface area contributed by atoms with E-state index < -0.39 is 0 Å². The van der Waals surface area contributed by atoms with E-state index in [-0.39, 0.29) is 0 Å². The van der Waals surface area contributed by atoms with Crippen LogP contribution >= 0.6 is 23.4 Å². The lowest BCUT2D eigenvalue weighted by molar-refractivity contribution is 1.24. The molecule has 0 atom stereocenters. The normalized spacial score (nSPS) is 10.5. The Hall–Kier alpha value is -0.990. The van der Waals surface area contributed by atoms with Crippen LogP contribution in [-0.4, -0.2) is 4.98 Å². The molecular formula is C14H14ClNS. The van der Waals surface area contributed by atoms with Crippen LogP contribution in [0.2, 0.25) is 5.15 Å². The number of hydrogen-bond donors (Lipinski definition) is 0. The van der Waals surface area contributed by atoms with Crippen molar-refractivity contribution in [3.8, 4) is 0 Å². The van der Waals surface area contributed by atoms with Gasteiger partial charge in [-0.3, -0.25) is 0 Å². The van der Waals surface area contributed by atoms with Gasteiger partial charge in [-0.25, -0.2) is 4.98 Å². The topological polar surface area (TPSA) is 12.9 Å². The van der Waals surface area contributed by atoms with Gasteiger partial charge in [0.2, 0.25) is 0 Å². The zero-order valence-electron chi connectivity index (χ0n) is 9.90. The smallest absolute Gasteiger partial charge is 0.129 e. The van der Waals surface area contributed by atoms with Gasteiger partial charge in [0.05, 0.1) is 0 Å². The van der Waals surface area contributed by atoms with Crippen LogP contribution in [0.3, 0.4) is 0 Å². The summed E-state index contributed by atoms with van der Waals surface area (Å²) in [7, 11) is 0. The number of aryl methyl sites for hydroxylation is 2. The second-order valence-corrected chi connectivity index (χ2v) is 5.45. The molecule has 2 rings (SSSR count). The summed E-state index contributed by atoms with van der Waals surface area (Å²) in [6.45, 7) is 4.26. The van der Waals surface area contributed by atoms with Gasteiger partial charge in [0.25, 0.3) is 0 Å². The molecule has 0 saturated carbocycles. The van der Waals surface area contributed by atoms with Crippen molar-refractivity contribution in [2.24, 2.45) is 0 Å². The third-order valence-electron chi connectivity index (χ3n) is 2.53. The molecule has 3 heteroatoms. The molecule has 0 unspecified atom stereocenters. The molecule has 1 aromatic heterocycles. The highest BCUT2D eigenvalue weighted by Crippen LogP contribution is 2.27. The van der Waals surface area contributed by atoms with Gasteiger partial charge in [-0.15, -0.1) is 11.8 Å². The van der Waals surface area contributed by atoms with Gasteiger partial charge < -0.3 is 0 Å². The fourth-order valence-electron chi connectivity index (χ4n) is 1.56. The molecule has 0 aliphatic carbocycles. The Morgan fingerprint density at radius 1 is 1.18 bits per heavy atom. The highest BCUT2D eigenvalue weighted by atomic mass is 35.5. The Morgan fingerprint density at radius 3 is 2.76 bits per heavy atom. The molecule has 0 amide bonds. The van der Waals surface area contributed by atoms with Crippen LogP contribution in [0.4, 0.5) is 0 Å². The summed E-state index contributed by atoms with van der Waals surface area (Å²) < 4.78 is 0. The number of aromatic nitrogens is 1. The van der Waals surface area contributed by atoms with Crippen molar-refractivity contribution in [2.75, 3.05) is 0 Å². The van der Waals surface area contributed by atoms with Crippen molar-refractivity contribution < 1.29 is 0 Å². The van der Waals surface area contributed by atoms with Crippen molar-refractivity contribution in [2.45, 2.75) is 24.5 Å². The standard InChI is InChI=1S/C14H14ClNS/c1-10-3-4-11(2)13(7-10)17-9-12-5-6-16-14(15)8-12/h3-8H,9H2,1-2H3. The molecule has 0 N–H and O–H groups in total. The van der Waals surface area contributed by atoms with Gasteiger partial charge in [-0.1, -0.05) is 29.3 Å². The quantitative estimate of drug-likeness (QED) is 0.591. The van der Waals surface area contributed by atoms with Crippen LogP contribution in [0, 0.1) is 13.8 Å². The van der Waals surface area contributed by atoms with Gasteiger partial charge >= 0.3 is 0 Å². The minimum absolute atomic E-state index is 0.559. The maximum absolute atomic E-state index is 5.86. The van der Waals surface area contributed by atoms with E-state index >= 15 is 0 Å². The Balaban J connectivity index is 2.09. The van der Waals surface area contributed by atoms with Gasteiger partial charge in [0.1, 0.15) is 5.15 Å². The molecule has 0 aliphatic rings. The second kappa shape index (κ2) is 5.56. The van der Waals surface area contributed by atoms with Crippen molar-refractivity contribution >= 4 is 23.4 Å². The summed E-state index contributed by atoms with van der Waals surface area (Å²) in [5.41, 5.74) is 3.82. The minimum atomic E-state index is 0.559. The summed E-state index contributed by atoms with van der Waals surface area (Å²) in [6.07, 6.45) is 1.75. The molecule has 0 spiro atoms. The first-order chi connectivity index (χ1) is 8.15. The fraction of sp³-hybridized carbons (Fsp3) is 0.214. The zero-order chi connectivity index (χ0) is 12.3. The molecule has 0 aliphatic heterocycles. The lowest BCUT2D eigenvalue weighted by Crippen LogP contribution is -1.85. The number of rotatable bonds is 3. The highest BCUT2D eigenvalue weighted by Gasteiger charge is 2.01. The van der Waals surface area contributed by atoms with Crippen LogP contribution in [0.15, 0.2) is 41.4 Å². The van der Waals surface area contributed by atoms with Crippen molar-refractivity contribution in [1.29, 1.82) is 0 Å². The number of nitrogens with zero attached hydrogens (tertiary/aromatic N) is 1. The van der Waals surface area contributed by atoms with Gasteiger partial charge in [0, 0.05) is 16.8 Å². The Labute approximate surface area is 111 Å². The predicted octanol–water partition coefficient (Wildman–Crippen LogP) is 4.64. The van der Waals surface area contributed by atoms with E-state index in [1.54, 1.807) is 6.20 Å². The van der Waals surface area contributed by atoms with Crippen molar-refractivity contribution in [3.05, 3.63) is 58.4 Å². The third-order valence-corrected chi connectivity index (χ3v) is 3.96. The van der Waals surface area contributed by atoms with E-state index in [2.05, 4.69) is 37.0 Å². The molecule has 2 aromatic rings. The van der Waals surface area contributed by atoms with Gasteiger partial charge in [0.15, 0.2) is 0 Å². The molecule has 0 bridgehead atoms. The largest absolute Gasteiger partial charge is 0.245 e. The van der Waals surface area contributed by atoms with Crippen LogP contribution in [0.5, 0.6) is 0 Å². The highest BCUT2D eigenvalue weighted by molar-refractivity contribution is 7.98. The number of pyridine rings is 1. The van der Waals surface area contributed by atoms with Crippen LogP contribution in [0.25, 0.3) is 0 Å². The Bertz CT molecular complexity index is 525. The van der Waals surface area contributed by atoms with Gasteiger partial charge in [-0.2, -0.15) is 0 Å². The van der Waals surface area contributed by atoms with Crippen LogP contribution in [0.1, 0.15) is 16.7 Å². The Kier molecular flexibility index (Phi) is 4.08. The van der Waals surface area contributed by atoms with Gasteiger partial charge in [-0.05, 0) is 43.2 Å². The summed E-state index contributed by atoms with van der Waals surface area (Å²) in [4.78, 5) is 5.31. The summed E-state index contributed by atoms with van der Waals surface area (Å²) in [5.74, 6) is 0.923. The number of hydrogen-bond acceptors (Lipinski definition) is 2. The molecule has 0 saturated heterocycles. The van der Waals surface area contributed by atoms with Crippen molar-refractivity contribution in [3.63, 3.8) is 0 Å². The lowest BCUT2D eigenvalue weighted by atomic mass is 10.2. The molecule has 88 valence electrons. The summed E-state index contributed by atoms with van der Waals surface area (Å²) >= 11 is 7.70. The van der Waals surface area contributed by atoms with Crippen molar-refractivity contribution in [1.82, 2.24) is 4.98 Å². The minimum Gasteiger partial charge on any atom is -0.245 e. The number of thioether (sulfide) groups is 1. The van der Waals surface area contributed by atoms with E-state index in [1.165, 1.54) is 21.6 Å². The first kappa shape index (κ1) is 12.5. The average molecular weight is 264 g/mol. The molecule has 0 fully saturated rings. The third kappa shape index (κ3) is 3.48. The molecule has 1 nitrogen and oxygen atoms in total. The van der Waals surface area contributed by atoms with E-state index in [0.717, 1.165) is 5.75 Å².